The number of halogens is 3. The quantitative estimate of drug-likeness (QED) is 0.489. The molecule has 182 valence electrons. The topological polar surface area (TPSA) is 119 Å². The molecule has 2 aliphatic rings. The number of hydroxylamine groups is 2. The highest BCUT2D eigenvalue weighted by Gasteiger charge is 2.71. The van der Waals surface area contributed by atoms with Gasteiger partial charge < -0.3 is 11.1 Å². The summed E-state index contributed by atoms with van der Waals surface area (Å²) in [6, 6.07) is 4.08. The molecule has 13 heteroatoms. The average molecular weight is 520 g/mol. The second-order valence-corrected chi connectivity index (χ2v) is 10.3. The molecular formula is C22H20ClF2N7O2S. The van der Waals surface area contributed by atoms with Gasteiger partial charge >= 0.3 is 0 Å². The first kappa shape index (κ1) is 23.6. The van der Waals surface area contributed by atoms with Crippen molar-refractivity contribution in [2.45, 2.75) is 23.6 Å². The molecule has 1 aliphatic carbocycles. The van der Waals surface area contributed by atoms with Crippen LogP contribution in [0.2, 0.25) is 5.02 Å². The zero-order valence-electron chi connectivity index (χ0n) is 18.8. The van der Waals surface area contributed by atoms with Crippen molar-refractivity contribution in [3.8, 4) is 0 Å². The van der Waals surface area contributed by atoms with Gasteiger partial charge in [0, 0.05) is 36.5 Å². The Hall–Kier alpha value is -3.09. The Balaban J connectivity index is 1.57. The van der Waals surface area contributed by atoms with Crippen molar-refractivity contribution >= 4 is 57.0 Å². The molecule has 1 saturated carbocycles. The van der Waals surface area contributed by atoms with Gasteiger partial charge in [-0.05, 0) is 25.5 Å². The number of aliphatic imine (C=N–C) groups is 1. The third kappa shape index (κ3) is 3.76. The molecule has 35 heavy (non-hydrogen) atoms. The lowest BCUT2D eigenvalue weighted by Crippen LogP contribution is -2.44. The average Bonchev–Trinajstić information content (AvgIpc) is 3.56. The maximum atomic E-state index is 15.2. The fourth-order valence-corrected chi connectivity index (χ4v) is 6.18. The van der Waals surface area contributed by atoms with Crippen LogP contribution < -0.4 is 11.1 Å². The Morgan fingerprint density at radius 3 is 2.83 bits per heavy atom. The van der Waals surface area contributed by atoms with E-state index >= 15 is 4.39 Å². The number of carbonyl (C=O) groups is 1. The minimum atomic E-state index is -1.29. The van der Waals surface area contributed by atoms with Gasteiger partial charge in [0.25, 0.3) is 5.91 Å². The third-order valence-corrected chi connectivity index (χ3v) is 7.92. The smallest absolute Gasteiger partial charge is 0.262 e. The molecule has 0 saturated heterocycles. The second kappa shape index (κ2) is 8.25. The van der Waals surface area contributed by atoms with Crippen LogP contribution in [0.3, 0.4) is 0 Å². The van der Waals surface area contributed by atoms with Crippen molar-refractivity contribution in [1.29, 1.82) is 0 Å². The highest BCUT2D eigenvalue weighted by Crippen LogP contribution is 2.66. The minimum Gasteiger partial charge on any atom is -0.378 e. The normalized spacial score (nSPS) is 25.1. The van der Waals surface area contributed by atoms with Gasteiger partial charge in [-0.15, -0.1) is 0 Å². The lowest BCUT2D eigenvalue weighted by atomic mass is 9.85. The molecule has 1 aromatic carbocycles. The monoisotopic (exact) mass is 519 g/mol. The van der Waals surface area contributed by atoms with Gasteiger partial charge in [0.15, 0.2) is 22.6 Å². The molecule has 3 heterocycles. The SMILES string of the molecule is CON(C)C(=O)[C@]12CC1[C@@](C)(c1cc(Nc3ncnc4cc(Cl)cnc34)cc(F)c1F)N=C(N)S2. The predicted molar refractivity (Wildman–Crippen MR) is 129 cm³/mol. The summed E-state index contributed by atoms with van der Waals surface area (Å²) in [5.74, 6) is -2.60. The summed E-state index contributed by atoms with van der Waals surface area (Å²) >= 11 is 7.11. The van der Waals surface area contributed by atoms with Crippen LogP contribution in [0.4, 0.5) is 20.3 Å². The molecule has 0 radical (unpaired) electrons. The van der Waals surface area contributed by atoms with Crippen molar-refractivity contribution in [2.75, 3.05) is 19.5 Å². The first-order valence-corrected chi connectivity index (χ1v) is 11.7. The number of rotatable bonds is 5. The number of pyridine rings is 1. The van der Waals surface area contributed by atoms with E-state index in [0.29, 0.717) is 22.5 Å². The van der Waals surface area contributed by atoms with E-state index in [1.54, 1.807) is 13.0 Å². The predicted octanol–water partition coefficient (Wildman–Crippen LogP) is 3.76. The molecule has 3 N–H and O–H groups in total. The first-order valence-electron chi connectivity index (χ1n) is 10.5. The summed E-state index contributed by atoms with van der Waals surface area (Å²) < 4.78 is 29.1. The van der Waals surface area contributed by atoms with Crippen LogP contribution >= 0.6 is 23.4 Å². The number of amidine groups is 1. The summed E-state index contributed by atoms with van der Waals surface area (Å²) in [7, 11) is 2.87. The number of hydrogen-bond donors (Lipinski definition) is 2. The Bertz CT molecular complexity index is 1410. The third-order valence-electron chi connectivity index (χ3n) is 6.42. The number of carbonyl (C=O) groups excluding carboxylic acids is 1. The molecular weight excluding hydrogens is 500 g/mol. The zero-order valence-corrected chi connectivity index (χ0v) is 20.4. The molecule has 3 aromatic rings. The molecule has 0 spiro atoms. The molecule has 1 amide bonds. The number of anilines is 2. The highest BCUT2D eigenvalue weighted by atomic mass is 35.5. The van der Waals surface area contributed by atoms with E-state index < -0.39 is 27.8 Å². The van der Waals surface area contributed by atoms with Crippen molar-refractivity contribution in [2.24, 2.45) is 16.6 Å². The van der Waals surface area contributed by atoms with Gasteiger partial charge in [-0.2, -0.15) is 0 Å². The van der Waals surface area contributed by atoms with Crippen LogP contribution in [0.15, 0.2) is 35.7 Å². The Labute approximate surface area is 208 Å². The van der Waals surface area contributed by atoms with E-state index in [1.165, 1.54) is 32.7 Å². The van der Waals surface area contributed by atoms with Gasteiger partial charge in [-0.25, -0.2) is 28.8 Å². The number of benzene rings is 1. The Morgan fingerprint density at radius 1 is 1.31 bits per heavy atom. The second-order valence-electron chi connectivity index (χ2n) is 8.52. The molecule has 2 aromatic heterocycles. The molecule has 9 nitrogen and oxygen atoms in total. The molecule has 3 atom stereocenters. The summed E-state index contributed by atoms with van der Waals surface area (Å²) in [4.78, 5) is 35.1. The standard InChI is InChI=1S/C22H20ClF2N7O2S/c1-21(15-7-22(15,35-20(26)31-21)19(33)32(2)34-3)12-5-11(6-13(24)16(12)25)30-18-17-14(28-9-29-18)4-10(23)8-27-17/h4-6,8-9,15H,7H2,1-3H3,(H2,26,31)(H,28,29,30)/t15?,21-,22+/m1/s1. The Kier molecular flexibility index (Phi) is 5.57. The van der Waals surface area contributed by atoms with E-state index in [4.69, 9.17) is 22.2 Å². The summed E-state index contributed by atoms with van der Waals surface area (Å²) in [6.07, 6.45) is 3.13. The van der Waals surface area contributed by atoms with E-state index in [9.17, 15) is 9.18 Å². The van der Waals surface area contributed by atoms with E-state index in [1.807, 2.05) is 0 Å². The first-order chi connectivity index (χ1) is 16.6. The fraction of sp³-hybridized carbons (Fsp3) is 0.318. The van der Waals surface area contributed by atoms with Crippen LogP contribution in [-0.2, 0) is 15.2 Å². The van der Waals surface area contributed by atoms with Gasteiger partial charge in [0.05, 0.1) is 23.2 Å². The van der Waals surface area contributed by atoms with Crippen LogP contribution in [0.1, 0.15) is 18.9 Å². The minimum absolute atomic E-state index is 0.0302. The lowest BCUT2D eigenvalue weighted by molar-refractivity contribution is -0.169. The maximum Gasteiger partial charge on any atom is 0.262 e. The van der Waals surface area contributed by atoms with E-state index in [0.717, 1.165) is 22.9 Å². The van der Waals surface area contributed by atoms with Crippen LogP contribution in [-0.4, -0.2) is 50.0 Å². The number of fused-ring (bicyclic) bond motifs is 2. The number of nitrogens with two attached hydrogens (primary N) is 1. The van der Waals surface area contributed by atoms with Gasteiger partial charge in [0.1, 0.15) is 16.6 Å². The van der Waals surface area contributed by atoms with Gasteiger partial charge in [-0.3, -0.25) is 14.6 Å². The van der Waals surface area contributed by atoms with Gasteiger partial charge in [0.2, 0.25) is 0 Å². The van der Waals surface area contributed by atoms with Crippen molar-refractivity contribution in [3.63, 3.8) is 0 Å². The van der Waals surface area contributed by atoms with Crippen LogP contribution in [0.25, 0.3) is 11.0 Å². The number of thioether (sulfide) groups is 1. The van der Waals surface area contributed by atoms with Crippen molar-refractivity contribution < 1.29 is 18.4 Å². The van der Waals surface area contributed by atoms with E-state index in [-0.39, 0.29) is 28.1 Å². The van der Waals surface area contributed by atoms with Crippen LogP contribution in [0.5, 0.6) is 0 Å². The van der Waals surface area contributed by atoms with Gasteiger partial charge in [-0.1, -0.05) is 23.4 Å². The fourth-order valence-electron chi connectivity index (χ4n) is 4.58. The molecule has 1 aliphatic heterocycles. The summed E-state index contributed by atoms with van der Waals surface area (Å²) in [6.45, 7) is 1.65. The molecule has 5 rings (SSSR count). The maximum absolute atomic E-state index is 15.2. The summed E-state index contributed by atoms with van der Waals surface area (Å²) in [5.41, 5.74) is 5.87. The number of amides is 1. The number of nitrogens with one attached hydrogen (secondary N) is 1. The molecule has 1 unspecified atom stereocenters. The van der Waals surface area contributed by atoms with Crippen molar-refractivity contribution in [1.82, 2.24) is 20.0 Å². The molecule has 1 fully saturated rings. The lowest BCUT2D eigenvalue weighted by Gasteiger charge is -2.34. The van der Waals surface area contributed by atoms with Crippen molar-refractivity contribution in [3.05, 3.63) is 52.9 Å². The largest absolute Gasteiger partial charge is 0.378 e. The zero-order chi connectivity index (χ0) is 25.1. The highest BCUT2D eigenvalue weighted by molar-refractivity contribution is 8.15. The number of hydrogen-bond acceptors (Lipinski definition) is 9. The number of nitrogens with zero attached hydrogens (tertiary/aromatic N) is 5. The molecule has 0 bridgehead atoms. The van der Waals surface area contributed by atoms with Crippen LogP contribution in [0, 0.1) is 17.6 Å². The summed E-state index contributed by atoms with van der Waals surface area (Å²) in [5, 5.41) is 4.61. The van der Waals surface area contributed by atoms with E-state index in [2.05, 4.69) is 25.3 Å². The number of aromatic nitrogens is 3. The Morgan fingerprint density at radius 2 is 2.09 bits per heavy atom.